The van der Waals surface area contributed by atoms with E-state index in [1.165, 1.54) is 128 Å². The Kier molecular flexibility index (Phi) is 38.4. The van der Waals surface area contributed by atoms with Crippen molar-refractivity contribution >= 4 is 7.82 Å². The smallest absolute Gasteiger partial charge is 0.404 e. The maximum absolute atomic E-state index is 11.8. The van der Waals surface area contributed by atoms with Crippen LogP contribution < -0.4 is 0 Å². The maximum atomic E-state index is 11.8. The number of rotatable bonds is 32. The molecule has 258 valence electrons. The summed E-state index contributed by atoms with van der Waals surface area (Å²) in [7, 11) is -4.03. The van der Waals surface area contributed by atoms with E-state index < -0.39 is 7.82 Å². The van der Waals surface area contributed by atoms with E-state index in [0.29, 0.717) is 19.6 Å². The summed E-state index contributed by atoms with van der Waals surface area (Å²) in [6, 6.07) is 0. The standard InChI is InChI=1S/C28H55O4P.C6H15NO3/c1-3-5-7-9-11-13-15-17-19-21-23-25-27-31-33(29,30)32-28-26-24-22-20-18-16-14-12-10-8-6-4-2;8-4-1-7(2-5-9)3-6-10/h25-28H,3-24H2,1-2H3,(H,29,30);8-10H,1-6H2. The van der Waals surface area contributed by atoms with E-state index in [9.17, 15) is 9.46 Å². The van der Waals surface area contributed by atoms with Crippen molar-refractivity contribution in [3.8, 4) is 0 Å². The fourth-order valence-corrected chi connectivity index (χ4v) is 5.19. The summed E-state index contributed by atoms with van der Waals surface area (Å²) in [5, 5.41) is 25.5. The molecular formula is C34H70NO7P. The average molecular weight is 636 g/mol. The molecule has 0 unspecified atom stereocenters. The van der Waals surface area contributed by atoms with E-state index >= 15 is 0 Å². The van der Waals surface area contributed by atoms with Gasteiger partial charge in [-0.25, -0.2) is 4.57 Å². The summed E-state index contributed by atoms with van der Waals surface area (Å²) >= 11 is 0. The third-order valence-electron chi connectivity index (χ3n) is 7.28. The van der Waals surface area contributed by atoms with Crippen LogP contribution in [-0.4, -0.2) is 64.6 Å². The Morgan fingerprint density at radius 2 is 0.791 bits per heavy atom. The third kappa shape index (κ3) is 39.1. The van der Waals surface area contributed by atoms with E-state index in [-0.39, 0.29) is 19.8 Å². The maximum Gasteiger partial charge on any atom is 0.583 e. The summed E-state index contributed by atoms with van der Waals surface area (Å²) in [6.07, 6.45) is 34.1. The Hall–Kier alpha value is -0.890. The second-order valence-electron chi connectivity index (χ2n) is 11.4. The van der Waals surface area contributed by atoms with Gasteiger partial charge in [0.1, 0.15) is 0 Å². The molecule has 0 atom stereocenters. The van der Waals surface area contributed by atoms with Crippen LogP contribution in [0.5, 0.6) is 0 Å². The van der Waals surface area contributed by atoms with Crippen molar-refractivity contribution in [3.63, 3.8) is 0 Å². The summed E-state index contributed by atoms with van der Waals surface area (Å²) < 4.78 is 21.6. The lowest BCUT2D eigenvalue weighted by molar-refractivity contribution is 0.136. The molecule has 0 rings (SSSR count). The highest BCUT2D eigenvalue weighted by molar-refractivity contribution is 7.47. The van der Waals surface area contributed by atoms with Crippen molar-refractivity contribution in [1.29, 1.82) is 0 Å². The highest BCUT2D eigenvalue weighted by Crippen LogP contribution is 2.43. The van der Waals surface area contributed by atoms with Gasteiger partial charge in [0.2, 0.25) is 0 Å². The molecule has 4 N–H and O–H groups in total. The number of aliphatic hydroxyl groups is 3. The number of phosphoric acid groups is 1. The first-order valence-electron chi connectivity index (χ1n) is 17.5. The van der Waals surface area contributed by atoms with Crippen molar-refractivity contribution in [2.75, 3.05) is 39.5 Å². The Labute approximate surface area is 265 Å². The molecule has 0 fully saturated rings. The summed E-state index contributed by atoms with van der Waals surface area (Å²) in [5.74, 6) is 0. The minimum absolute atomic E-state index is 0.0694. The molecule has 9 heteroatoms. The molecule has 0 spiro atoms. The first-order chi connectivity index (χ1) is 21.0. The highest BCUT2D eigenvalue weighted by atomic mass is 31.2. The van der Waals surface area contributed by atoms with Gasteiger partial charge in [-0.05, 0) is 37.8 Å². The van der Waals surface area contributed by atoms with Gasteiger partial charge in [0, 0.05) is 19.6 Å². The fourth-order valence-electron chi connectivity index (χ4n) is 4.66. The molecule has 0 bridgehead atoms. The Morgan fingerprint density at radius 1 is 0.512 bits per heavy atom. The number of phosphoric ester groups is 1. The van der Waals surface area contributed by atoms with Crippen LogP contribution in [0.2, 0.25) is 0 Å². The molecular weight excluding hydrogens is 565 g/mol. The van der Waals surface area contributed by atoms with Crippen LogP contribution in [0.3, 0.4) is 0 Å². The average Bonchev–Trinajstić information content (AvgIpc) is 2.98. The summed E-state index contributed by atoms with van der Waals surface area (Å²) in [5.41, 5.74) is 0. The third-order valence-corrected chi connectivity index (χ3v) is 8.05. The van der Waals surface area contributed by atoms with E-state index in [4.69, 9.17) is 24.4 Å². The van der Waals surface area contributed by atoms with Crippen molar-refractivity contribution in [3.05, 3.63) is 24.7 Å². The van der Waals surface area contributed by atoms with Gasteiger partial charge < -0.3 is 24.4 Å². The van der Waals surface area contributed by atoms with E-state index in [0.717, 1.165) is 25.7 Å². The fraction of sp³-hybridized carbons (Fsp3) is 0.882. The van der Waals surface area contributed by atoms with Crippen LogP contribution in [-0.2, 0) is 13.6 Å². The van der Waals surface area contributed by atoms with E-state index in [2.05, 4.69) is 13.8 Å². The molecule has 0 saturated carbocycles. The highest BCUT2D eigenvalue weighted by Gasteiger charge is 2.19. The monoisotopic (exact) mass is 635 g/mol. The van der Waals surface area contributed by atoms with Crippen molar-refractivity contribution < 1.29 is 33.8 Å². The van der Waals surface area contributed by atoms with Gasteiger partial charge in [-0.2, -0.15) is 0 Å². The predicted octanol–water partition coefficient (Wildman–Crippen LogP) is 9.03. The lowest BCUT2D eigenvalue weighted by atomic mass is 10.1. The molecule has 0 radical (unpaired) electrons. The van der Waals surface area contributed by atoms with Crippen LogP contribution in [0.25, 0.3) is 0 Å². The summed E-state index contributed by atoms with van der Waals surface area (Å²) in [4.78, 5) is 11.5. The van der Waals surface area contributed by atoms with Crippen LogP contribution in [0.1, 0.15) is 155 Å². The molecule has 0 aliphatic carbocycles. The molecule has 0 aromatic carbocycles. The number of unbranched alkanes of at least 4 members (excludes halogenated alkanes) is 20. The molecule has 0 amide bonds. The van der Waals surface area contributed by atoms with Gasteiger partial charge in [0.05, 0.1) is 32.3 Å². The Bertz CT molecular complexity index is 580. The van der Waals surface area contributed by atoms with Crippen LogP contribution in [0.4, 0.5) is 0 Å². The van der Waals surface area contributed by atoms with Gasteiger partial charge in [0.25, 0.3) is 0 Å². The van der Waals surface area contributed by atoms with Gasteiger partial charge in [-0.3, -0.25) is 9.79 Å². The molecule has 0 aromatic rings. The Morgan fingerprint density at radius 3 is 1.07 bits per heavy atom. The normalized spacial score (nSPS) is 13.0. The molecule has 0 aromatic heterocycles. The molecule has 43 heavy (non-hydrogen) atoms. The second kappa shape index (κ2) is 37.3. The lowest BCUT2D eigenvalue weighted by Gasteiger charge is -2.17. The van der Waals surface area contributed by atoms with Crippen molar-refractivity contribution in [2.24, 2.45) is 0 Å². The molecule has 8 nitrogen and oxygen atoms in total. The number of hydrogen-bond donors (Lipinski definition) is 4. The molecule has 0 saturated heterocycles. The number of hydrogen-bond acceptors (Lipinski definition) is 7. The quantitative estimate of drug-likeness (QED) is 0.0328. The SMILES string of the molecule is CCCCCCCCCCCCC=COP(=O)(O)OC=CCCCCCCCCCCCC.OCCN(CCO)CCO. The van der Waals surface area contributed by atoms with Crippen molar-refractivity contribution in [1.82, 2.24) is 4.90 Å². The number of allylic oxidation sites excluding steroid dienone is 2. The topological polar surface area (TPSA) is 120 Å². The van der Waals surface area contributed by atoms with Crippen LogP contribution >= 0.6 is 7.82 Å². The van der Waals surface area contributed by atoms with Gasteiger partial charge in [-0.1, -0.05) is 129 Å². The minimum Gasteiger partial charge on any atom is -0.404 e. The zero-order chi connectivity index (χ0) is 32.1. The second-order valence-corrected chi connectivity index (χ2v) is 12.7. The molecule has 0 aliphatic rings. The zero-order valence-electron chi connectivity index (χ0n) is 28.0. The van der Waals surface area contributed by atoms with E-state index in [1.807, 2.05) is 12.2 Å². The largest absolute Gasteiger partial charge is 0.583 e. The van der Waals surface area contributed by atoms with Crippen molar-refractivity contribution in [2.45, 2.75) is 155 Å². The van der Waals surface area contributed by atoms with Gasteiger partial charge >= 0.3 is 7.82 Å². The number of aliphatic hydroxyl groups excluding tert-OH is 3. The predicted molar refractivity (Wildman–Crippen MR) is 181 cm³/mol. The van der Waals surface area contributed by atoms with Crippen LogP contribution in [0.15, 0.2) is 24.7 Å². The summed E-state index contributed by atoms with van der Waals surface area (Å²) in [6.45, 7) is 6.26. The van der Waals surface area contributed by atoms with Gasteiger partial charge in [0.15, 0.2) is 0 Å². The lowest BCUT2D eigenvalue weighted by Crippen LogP contribution is -2.32. The van der Waals surface area contributed by atoms with Gasteiger partial charge in [-0.15, -0.1) is 0 Å². The Balaban J connectivity index is 0. The van der Waals surface area contributed by atoms with E-state index in [1.54, 1.807) is 4.90 Å². The molecule has 0 heterocycles. The zero-order valence-corrected chi connectivity index (χ0v) is 28.9. The first-order valence-corrected chi connectivity index (χ1v) is 19.0. The number of nitrogens with zero attached hydrogens (tertiary/aromatic N) is 1. The first kappa shape index (κ1) is 44.2. The van der Waals surface area contributed by atoms with Crippen LogP contribution in [0, 0.1) is 0 Å². The minimum atomic E-state index is -4.03. The molecule has 0 aliphatic heterocycles.